The normalized spacial score (nSPS) is 17.5. The van der Waals surface area contributed by atoms with E-state index in [1.54, 1.807) is 16.1 Å². The molecule has 0 saturated carbocycles. The summed E-state index contributed by atoms with van der Waals surface area (Å²) in [6, 6.07) is 9.92. The number of benzene rings is 1. The molecular weight excluding hydrogens is 360 g/mol. The van der Waals surface area contributed by atoms with Gasteiger partial charge in [-0.15, -0.1) is 11.3 Å². The predicted molar refractivity (Wildman–Crippen MR) is 105 cm³/mol. The van der Waals surface area contributed by atoms with Gasteiger partial charge in [0.15, 0.2) is 4.80 Å². The van der Waals surface area contributed by atoms with E-state index in [0.29, 0.717) is 13.0 Å². The Morgan fingerprint density at radius 2 is 2.11 bits per heavy atom. The lowest BCUT2D eigenvalue weighted by molar-refractivity contribution is -0.119. The van der Waals surface area contributed by atoms with E-state index in [1.807, 2.05) is 44.2 Å². The third-order valence-electron chi connectivity index (χ3n) is 4.63. The van der Waals surface area contributed by atoms with E-state index < -0.39 is 0 Å². The second-order valence-electron chi connectivity index (χ2n) is 6.66. The molecule has 1 N–H and O–H groups in total. The summed E-state index contributed by atoms with van der Waals surface area (Å²) >= 11 is 1.59. The van der Waals surface area contributed by atoms with Crippen LogP contribution in [0.5, 0.6) is 0 Å². The third kappa shape index (κ3) is 3.71. The molecule has 0 radical (unpaired) electrons. The van der Waals surface area contributed by atoms with Gasteiger partial charge in [0.2, 0.25) is 5.91 Å². The highest BCUT2D eigenvalue weighted by Gasteiger charge is 2.24. The number of aryl methyl sites for hydroxylation is 2. The standard InChI is InChI=1S/C19H22N6OS/c1-3-25-22-13(2)18(23-25)16-12-27-19(21-15-7-5-4-6-8-15)24(16)11-14-9-17(26)20-10-14/h4-8,12,14H,3,9-11H2,1-2H3,(H,20,26). The van der Waals surface area contributed by atoms with Crippen LogP contribution in [0, 0.1) is 12.8 Å². The fraction of sp³-hybridized carbons (Fsp3) is 0.368. The monoisotopic (exact) mass is 382 g/mol. The van der Waals surface area contributed by atoms with Crippen molar-refractivity contribution in [2.75, 3.05) is 6.54 Å². The Hall–Kier alpha value is -2.74. The van der Waals surface area contributed by atoms with Gasteiger partial charge in [-0.1, -0.05) is 18.2 Å². The molecule has 0 aliphatic carbocycles. The van der Waals surface area contributed by atoms with Crippen LogP contribution in [0.25, 0.3) is 11.4 Å². The van der Waals surface area contributed by atoms with Crippen molar-refractivity contribution in [2.45, 2.75) is 33.4 Å². The van der Waals surface area contributed by atoms with E-state index in [4.69, 9.17) is 4.99 Å². The van der Waals surface area contributed by atoms with Crippen LogP contribution in [-0.2, 0) is 17.9 Å². The SMILES string of the molecule is CCn1nc(C)c(-c2csc(=Nc3ccccc3)n2CC2CNC(=O)C2)n1. The second kappa shape index (κ2) is 7.48. The number of para-hydroxylation sites is 1. The van der Waals surface area contributed by atoms with Crippen LogP contribution in [-0.4, -0.2) is 32.0 Å². The van der Waals surface area contributed by atoms with E-state index in [-0.39, 0.29) is 11.8 Å². The average Bonchev–Trinajstić information content (AvgIpc) is 3.36. The third-order valence-corrected chi connectivity index (χ3v) is 5.49. The quantitative estimate of drug-likeness (QED) is 0.737. The number of nitrogens with zero attached hydrogens (tertiary/aromatic N) is 5. The number of hydrogen-bond acceptors (Lipinski definition) is 5. The summed E-state index contributed by atoms with van der Waals surface area (Å²) in [7, 11) is 0. The Bertz CT molecular complexity index is 1020. The fourth-order valence-corrected chi connectivity index (χ4v) is 4.17. The van der Waals surface area contributed by atoms with E-state index in [1.165, 1.54) is 0 Å². The van der Waals surface area contributed by atoms with Crippen LogP contribution in [0.3, 0.4) is 0 Å². The number of rotatable bonds is 5. The predicted octanol–water partition coefficient (Wildman–Crippen LogP) is 2.50. The lowest BCUT2D eigenvalue weighted by atomic mass is 10.1. The van der Waals surface area contributed by atoms with Crippen molar-refractivity contribution < 1.29 is 4.79 Å². The summed E-state index contributed by atoms with van der Waals surface area (Å²) in [4.78, 5) is 19.1. The zero-order valence-corrected chi connectivity index (χ0v) is 16.2. The first-order valence-corrected chi connectivity index (χ1v) is 9.99. The summed E-state index contributed by atoms with van der Waals surface area (Å²) < 4.78 is 2.18. The van der Waals surface area contributed by atoms with Gasteiger partial charge in [0.1, 0.15) is 5.69 Å². The van der Waals surface area contributed by atoms with Gasteiger partial charge in [-0.25, -0.2) is 4.99 Å². The lowest BCUT2D eigenvalue weighted by Crippen LogP contribution is -2.23. The molecule has 140 valence electrons. The minimum Gasteiger partial charge on any atom is -0.356 e. The maximum absolute atomic E-state index is 11.6. The van der Waals surface area contributed by atoms with Crippen molar-refractivity contribution in [3.8, 4) is 11.4 Å². The summed E-state index contributed by atoms with van der Waals surface area (Å²) in [5.74, 6) is 0.370. The number of amides is 1. The first kappa shape index (κ1) is 17.7. The van der Waals surface area contributed by atoms with Gasteiger partial charge in [0, 0.05) is 30.8 Å². The number of carbonyl (C=O) groups is 1. The molecule has 0 spiro atoms. The maximum atomic E-state index is 11.6. The van der Waals surface area contributed by atoms with Crippen molar-refractivity contribution in [1.29, 1.82) is 0 Å². The van der Waals surface area contributed by atoms with Crippen molar-refractivity contribution in [3.05, 3.63) is 46.2 Å². The van der Waals surface area contributed by atoms with E-state index >= 15 is 0 Å². The molecule has 1 amide bonds. The molecule has 1 aromatic carbocycles. The van der Waals surface area contributed by atoms with Crippen LogP contribution >= 0.6 is 11.3 Å². The molecule has 1 aliphatic heterocycles. The van der Waals surface area contributed by atoms with E-state index in [0.717, 1.165) is 40.7 Å². The molecule has 2 aromatic heterocycles. The minimum atomic E-state index is 0.118. The molecule has 1 fully saturated rings. The smallest absolute Gasteiger partial charge is 0.220 e. The van der Waals surface area contributed by atoms with Gasteiger partial charge in [0.25, 0.3) is 0 Å². The zero-order chi connectivity index (χ0) is 18.8. The van der Waals surface area contributed by atoms with Crippen molar-refractivity contribution in [2.24, 2.45) is 10.9 Å². The summed E-state index contributed by atoms with van der Waals surface area (Å²) in [6.45, 7) is 6.16. The molecule has 3 heterocycles. The van der Waals surface area contributed by atoms with Crippen LogP contribution in [0.15, 0.2) is 40.7 Å². The van der Waals surface area contributed by atoms with Gasteiger partial charge in [0.05, 0.1) is 23.6 Å². The first-order chi connectivity index (χ1) is 13.1. The molecule has 7 nitrogen and oxygen atoms in total. The number of carbonyl (C=O) groups excluding carboxylic acids is 1. The molecule has 1 unspecified atom stereocenters. The van der Waals surface area contributed by atoms with Crippen molar-refractivity contribution in [1.82, 2.24) is 24.9 Å². The molecular formula is C19H22N6OS. The largest absolute Gasteiger partial charge is 0.356 e. The zero-order valence-electron chi connectivity index (χ0n) is 15.4. The molecule has 1 atom stereocenters. The highest BCUT2D eigenvalue weighted by atomic mass is 32.1. The Balaban J connectivity index is 1.80. The van der Waals surface area contributed by atoms with Gasteiger partial charge in [-0.05, 0) is 26.0 Å². The van der Waals surface area contributed by atoms with Crippen molar-refractivity contribution >= 4 is 22.9 Å². The molecule has 8 heteroatoms. The number of nitrogens with one attached hydrogen (secondary N) is 1. The van der Waals surface area contributed by atoms with Gasteiger partial charge in [-0.3, -0.25) is 4.79 Å². The highest BCUT2D eigenvalue weighted by molar-refractivity contribution is 7.07. The number of thiazole rings is 1. The minimum absolute atomic E-state index is 0.118. The molecule has 27 heavy (non-hydrogen) atoms. The molecule has 4 rings (SSSR count). The van der Waals surface area contributed by atoms with Crippen molar-refractivity contribution in [3.63, 3.8) is 0 Å². The average molecular weight is 382 g/mol. The Morgan fingerprint density at radius 3 is 2.78 bits per heavy atom. The molecule has 0 bridgehead atoms. The number of aromatic nitrogens is 4. The maximum Gasteiger partial charge on any atom is 0.220 e. The summed E-state index contributed by atoms with van der Waals surface area (Å²) in [6.07, 6.45) is 0.549. The Kier molecular flexibility index (Phi) is 4.89. The van der Waals surface area contributed by atoms with Crippen LogP contribution in [0.2, 0.25) is 0 Å². The molecule has 1 aliphatic rings. The fourth-order valence-electron chi connectivity index (χ4n) is 3.26. The first-order valence-electron chi connectivity index (χ1n) is 9.11. The molecule has 3 aromatic rings. The Morgan fingerprint density at radius 1 is 1.30 bits per heavy atom. The van der Waals surface area contributed by atoms with Crippen LogP contribution in [0.1, 0.15) is 19.0 Å². The van der Waals surface area contributed by atoms with Gasteiger partial charge in [-0.2, -0.15) is 15.0 Å². The topological polar surface area (TPSA) is 77.1 Å². The lowest BCUT2D eigenvalue weighted by Gasteiger charge is -2.12. The van der Waals surface area contributed by atoms with Crippen LogP contribution in [0.4, 0.5) is 5.69 Å². The van der Waals surface area contributed by atoms with E-state index in [2.05, 4.69) is 25.5 Å². The summed E-state index contributed by atoms with van der Waals surface area (Å²) in [5.41, 5.74) is 3.69. The molecule has 1 saturated heterocycles. The van der Waals surface area contributed by atoms with Crippen LogP contribution < -0.4 is 10.1 Å². The van der Waals surface area contributed by atoms with Gasteiger partial charge < -0.3 is 9.88 Å². The highest BCUT2D eigenvalue weighted by Crippen LogP contribution is 2.23. The second-order valence-corrected chi connectivity index (χ2v) is 7.49. The summed E-state index contributed by atoms with van der Waals surface area (Å²) in [5, 5.41) is 14.1. The number of hydrogen-bond donors (Lipinski definition) is 1. The van der Waals surface area contributed by atoms with E-state index in [9.17, 15) is 4.79 Å². The van der Waals surface area contributed by atoms with Gasteiger partial charge >= 0.3 is 0 Å². The Labute approximate surface area is 161 Å².